The number of nitrogens with zero attached hydrogens (tertiary/aromatic N) is 4. The first-order chi connectivity index (χ1) is 9.15. The second-order valence-corrected chi connectivity index (χ2v) is 5.16. The largest absolute Gasteiger partial charge is 0.330 e. The van der Waals surface area contributed by atoms with Gasteiger partial charge in [-0.2, -0.15) is 0 Å². The van der Waals surface area contributed by atoms with Crippen molar-refractivity contribution in [3.8, 4) is 11.4 Å². The Hall–Kier alpha value is -1.75. The Kier molecular flexibility index (Phi) is 3.06. The molecule has 0 spiro atoms. The van der Waals surface area contributed by atoms with E-state index in [-0.39, 0.29) is 0 Å². The van der Waals surface area contributed by atoms with Crippen LogP contribution in [0.1, 0.15) is 29.7 Å². The van der Waals surface area contributed by atoms with Gasteiger partial charge in [0.25, 0.3) is 0 Å². The van der Waals surface area contributed by atoms with Crippen molar-refractivity contribution in [3.63, 3.8) is 0 Å². The van der Waals surface area contributed by atoms with E-state index >= 15 is 0 Å². The molecule has 2 aromatic rings. The van der Waals surface area contributed by atoms with Gasteiger partial charge in [0.1, 0.15) is 11.6 Å². The number of nitrogens with one attached hydrogen (secondary N) is 1. The highest BCUT2D eigenvalue weighted by molar-refractivity contribution is 5.55. The number of rotatable bonds is 2. The topological polar surface area (TPSA) is 55.6 Å². The van der Waals surface area contributed by atoms with Crippen LogP contribution >= 0.6 is 0 Å². The fourth-order valence-corrected chi connectivity index (χ4v) is 2.58. The third-order valence-electron chi connectivity index (χ3n) is 3.82. The minimum atomic E-state index is 0.509. The molecule has 1 saturated heterocycles. The number of aryl methyl sites for hydroxylation is 2. The van der Waals surface area contributed by atoms with Crippen molar-refractivity contribution in [3.05, 3.63) is 29.6 Å². The van der Waals surface area contributed by atoms with Gasteiger partial charge in [0.15, 0.2) is 0 Å². The lowest BCUT2D eigenvalue weighted by atomic mass is 10.0. The molecule has 0 bridgehead atoms. The van der Waals surface area contributed by atoms with Crippen LogP contribution in [0.3, 0.4) is 0 Å². The van der Waals surface area contributed by atoms with Crippen molar-refractivity contribution in [2.45, 2.75) is 26.2 Å². The van der Waals surface area contributed by atoms with Crippen molar-refractivity contribution < 1.29 is 0 Å². The Bertz CT molecular complexity index is 596. The number of imidazole rings is 1. The van der Waals surface area contributed by atoms with Gasteiger partial charge in [-0.05, 0) is 32.9 Å². The molecule has 100 valence electrons. The molecule has 3 rings (SSSR count). The third kappa shape index (κ3) is 2.26. The molecule has 1 unspecified atom stereocenters. The van der Waals surface area contributed by atoms with Crippen LogP contribution in [-0.2, 0) is 7.05 Å². The minimum Gasteiger partial charge on any atom is -0.330 e. The van der Waals surface area contributed by atoms with Crippen LogP contribution < -0.4 is 5.32 Å². The molecule has 0 amide bonds. The van der Waals surface area contributed by atoms with E-state index in [1.807, 2.05) is 27.1 Å². The number of hydrogen-bond donors (Lipinski definition) is 1. The van der Waals surface area contributed by atoms with E-state index in [4.69, 9.17) is 0 Å². The molecule has 1 atom stereocenters. The van der Waals surface area contributed by atoms with Crippen molar-refractivity contribution >= 4 is 0 Å². The first-order valence-electron chi connectivity index (χ1n) is 6.70. The summed E-state index contributed by atoms with van der Waals surface area (Å²) in [4.78, 5) is 13.5. The van der Waals surface area contributed by atoms with Crippen LogP contribution in [0.4, 0.5) is 0 Å². The molecule has 0 aliphatic carbocycles. The first kappa shape index (κ1) is 12.3. The number of aromatic nitrogens is 4. The highest BCUT2D eigenvalue weighted by Crippen LogP contribution is 2.25. The van der Waals surface area contributed by atoms with Gasteiger partial charge in [0, 0.05) is 25.2 Å². The van der Waals surface area contributed by atoms with Crippen LogP contribution in [0, 0.1) is 13.8 Å². The Balaban J connectivity index is 2.04. The summed E-state index contributed by atoms with van der Waals surface area (Å²) < 4.78 is 2.07. The van der Waals surface area contributed by atoms with E-state index in [0.717, 1.165) is 48.2 Å². The van der Waals surface area contributed by atoms with E-state index in [2.05, 4.69) is 30.9 Å². The lowest BCUT2D eigenvalue weighted by Gasteiger charge is -2.11. The molecule has 1 N–H and O–H groups in total. The predicted molar refractivity (Wildman–Crippen MR) is 73.9 cm³/mol. The van der Waals surface area contributed by atoms with Crippen LogP contribution in [0.5, 0.6) is 0 Å². The molecule has 2 aromatic heterocycles. The standard InChI is InChI=1S/C14H19N5/c1-9-17-12(11-4-5-15-7-11)6-13(18-9)14-8-16-10(2)19(14)3/h6,8,11,15H,4-5,7H2,1-3H3. The molecule has 1 aliphatic heterocycles. The molecule has 5 heteroatoms. The molecular formula is C14H19N5. The third-order valence-corrected chi connectivity index (χ3v) is 3.82. The Morgan fingerprint density at radius 2 is 2.16 bits per heavy atom. The smallest absolute Gasteiger partial charge is 0.126 e. The zero-order valence-electron chi connectivity index (χ0n) is 11.6. The SMILES string of the molecule is Cc1nc(-c2cnc(C)n2C)cc(C2CCNC2)n1. The molecule has 3 heterocycles. The Morgan fingerprint density at radius 1 is 1.32 bits per heavy atom. The van der Waals surface area contributed by atoms with Gasteiger partial charge in [-0.3, -0.25) is 0 Å². The van der Waals surface area contributed by atoms with E-state index in [1.54, 1.807) is 0 Å². The van der Waals surface area contributed by atoms with E-state index in [0.29, 0.717) is 5.92 Å². The molecular weight excluding hydrogens is 238 g/mol. The summed E-state index contributed by atoms with van der Waals surface area (Å²) in [6.45, 7) is 6.05. The summed E-state index contributed by atoms with van der Waals surface area (Å²) in [6.07, 6.45) is 3.04. The Labute approximate surface area is 113 Å². The van der Waals surface area contributed by atoms with Gasteiger partial charge >= 0.3 is 0 Å². The van der Waals surface area contributed by atoms with Crippen molar-refractivity contribution in [2.75, 3.05) is 13.1 Å². The van der Waals surface area contributed by atoms with Gasteiger partial charge in [-0.1, -0.05) is 0 Å². The summed E-state index contributed by atoms with van der Waals surface area (Å²) in [7, 11) is 2.02. The monoisotopic (exact) mass is 257 g/mol. The first-order valence-corrected chi connectivity index (χ1v) is 6.70. The highest BCUT2D eigenvalue weighted by Gasteiger charge is 2.20. The molecule has 5 nitrogen and oxygen atoms in total. The average molecular weight is 257 g/mol. The van der Waals surface area contributed by atoms with Crippen molar-refractivity contribution in [2.24, 2.45) is 7.05 Å². The van der Waals surface area contributed by atoms with Crippen molar-refractivity contribution in [1.29, 1.82) is 0 Å². The van der Waals surface area contributed by atoms with Crippen LogP contribution in [0.25, 0.3) is 11.4 Å². The lowest BCUT2D eigenvalue weighted by Crippen LogP contribution is -2.10. The fourth-order valence-electron chi connectivity index (χ4n) is 2.58. The minimum absolute atomic E-state index is 0.509. The van der Waals surface area contributed by atoms with E-state index in [1.165, 1.54) is 0 Å². The van der Waals surface area contributed by atoms with Crippen LogP contribution in [-0.4, -0.2) is 32.6 Å². The zero-order chi connectivity index (χ0) is 13.4. The second kappa shape index (κ2) is 4.74. The van der Waals surface area contributed by atoms with Gasteiger partial charge in [-0.15, -0.1) is 0 Å². The van der Waals surface area contributed by atoms with E-state index < -0.39 is 0 Å². The molecule has 1 aliphatic rings. The summed E-state index contributed by atoms with van der Waals surface area (Å²) in [5, 5.41) is 3.39. The highest BCUT2D eigenvalue weighted by atomic mass is 15.1. The van der Waals surface area contributed by atoms with Crippen LogP contribution in [0.15, 0.2) is 12.3 Å². The molecule has 1 fully saturated rings. The maximum Gasteiger partial charge on any atom is 0.126 e. The number of hydrogen-bond acceptors (Lipinski definition) is 4. The maximum atomic E-state index is 4.60. The lowest BCUT2D eigenvalue weighted by molar-refractivity contribution is 0.724. The maximum absolute atomic E-state index is 4.60. The van der Waals surface area contributed by atoms with Gasteiger partial charge in [-0.25, -0.2) is 15.0 Å². The normalized spacial score (nSPS) is 19.0. The molecule has 19 heavy (non-hydrogen) atoms. The van der Waals surface area contributed by atoms with Crippen molar-refractivity contribution in [1.82, 2.24) is 24.8 Å². The average Bonchev–Trinajstić information content (AvgIpc) is 3.01. The molecule has 0 radical (unpaired) electrons. The van der Waals surface area contributed by atoms with E-state index in [9.17, 15) is 0 Å². The van der Waals surface area contributed by atoms with Crippen LogP contribution in [0.2, 0.25) is 0 Å². The van der Waals surface area contributed by atoms with Gasteiger partial charge in [0.2, 0.25) is 0 Å². The summed E-state index contributed by atoms with van der Waals surface area (Å²) in [5.74, 6) is 2.34. The summed E-state index contributed by atoms with van der Waals surface area (Å²) in [5.41, 5.74) is 3.17. The molecule has 0 saturated carbocycles. The van der Waals surface area contributed by atoms with Gasteiger partial charge in [0.05, 0.1) is 17.6 Å². The Morgan fingerprint density at radius 3 is 2.79 bits per heavy atom. The second-order valence-electron chi connectivity index (χ2n) is 5.16. The quantitative estimate of drug-likeness (QED) is 0.887. The fraction of sp³-hybridized carbons (Fsp3) is 0.500. The van der Waals surface area contributed by atoms with Gasteiger partial charge < -0.3 is 9.88 Å². The predicted octanol–water partition coefficient (Wildman–Crippen LogP) is 1.57. The molecule has 0 aromatic carbocycles. The summed E-state index contributed by atoms with van der Waals surface area (Å²) in [6, 6.07) is 2.11. The zero-order valence-corrected chi connectivity index (χ0v) is 11.6. The summed E-state index contributed by atoms with van der Waals surface area (Å²) >= 11 is 0.